The van der Waals surface area contributed by atoms with Crippen LogP contribution in [-0.4, -0.2) is 17.8 Å². The zero-order valence-corrected chi connectivity index (χ0v) is 13.0. The number of furan rings is 1. The summed E-state index contributed by atoms with van der Waals surface area (Å²) in [5.74, 6) is 1.13. The van der Waals surface area contributed by atoms with E-state index in [0.717, 1.165) is 30.4 Å². The zero-order valence-electron chi connectivity index (χ0n) is 11.4. The van der Waals surface area contributed by atoms with Gasteiger partial charge >= 0.3 is 0 Å². The number of hydrogen-bond acceptors (Lipinski definition) is 2. The Hall–Kier alpha value is -0.770. The van der Waals surface area contributed by atoms with Crippen LogP contribution in [0.15, 0.2) is 16.5 Å². The normalized spacial score (nSPS) is 11.6. The van der Waals surface area contributed by atoms with E-state index < -0.39 is 0 Å². The summed E-state index contributed by atoms with van der Waals surface area (Å²) in [6.07, 6.45) is 2.88. The second-order valence-electron chi connectivity index (χ2n) is 4.64. The molecule has 0 fully saturated rings. The van der Waals surface area contributed by atoms with Gasteiger partial charge in [-0.1, -0.05) is 36.7 Å². The van der Waals surface area contributed by atoms with E-state index in [2.05, 4.69) is 35.1 Å². The van der Waals surface area contributed by atoms with Crippen molar-refractivity contribution in [2.75, 3.05) is 11.9 Å². The smallest absolute Gasteiger partial charge is 0.287 e. The van der Waals surface area contributed by atoms with Gasteiger partial charge in [0.2, 0.25) is 0 Å². The van der Waals surface area contributed by atoms with Gasteiger partial charge in [0, 0.05) is 18.3 Å². The van der Waals surface area contributed by atoms with Gasteiger partial charge < -0.3 is 9.73 Å². The Kier molecular flexibility index (Phi) is 5.93. The number of carbonyl (C=O) groups is 1. The molecule has 0 saturated carbocycles. The number of halogens is 1. The van der Waals surface area contributed by atoms with Crippen LogP contribution in [0.25, 0.3) is 0 Å². The second kappa shape index (κ2) is 6.98. The Morgan fingerprint density at radius 3 is 2.44 bits per heavy atom. The molecule has 3 nitrogen and oxygen atoms in total. The first kappa shape index (κ1) is 15.3. The van der Waals surface area contributed by atoms with E-state index >= 15 is 0 Å². The van der Waals surface area contributed by atoms with E-state index in [1.165, 1.54) is 0 Å². The van der Waals surface area contributed by atoms with Crippen LogP contribution < -0.4 is 5.32 Å². The molecule has 0 unspecified atom stereocenters. The molecule has 18 heavy (non-hydrogen) atoms. The number of alkyl halides is 1. The van der Waals surface area contributed by atoms with Crippen molar-refractivity contribution in [2.24, 2.45) is 5.41 Å². The SMILES string of the molecule is CCc1ccc(C(=O)NCC(CC)(CC)CBr)o1. The highest BCUT2D eigenvalue weighted by atomic mass is 79.9. The van der Waals surface area contributed by atoms with Crippen molar-refractivity contribution in [1.29, 1.82) is 0 Å². The number of rotatable bonds is 7. The lowest BCUT2D eigenvalue weighted by Crippen LogP contribution is -2.38. The summed E-state index contributed by atoms with van der Waals surface area (Å²) in [6.45, 7) is 6.98. The maximum absolute atomic E-state index is 11.9. The van der Waals surface area contributed by atoms with E-state index in [1.807, 2.05) is 13.0 Å². The molecule has 1 aromatic heterocycles. The fraction of sp³-hybridized carbons (Fsp3) is 0.643. The van der Waals surface area contributed by atoms with E-state index in [0.29, 0.717) is 12.3 Å². The van der Waals surface area contributed by atoms with Gasteiger partial charge in [0.25, 0.3) is 5.91 Å². The largest absolute Gasteiger partial charge is 0.456 e. The predicted octanol–water partition coefficient (Wildman–Crippen LogP) is 3.77. The van der Waals surface area contributed by atoms with Crippen molar-refractivity contribution in [3.63, 3.8) is 0 Å². The van der Waals surface area contributed by atoms with Crippen molar-refractivity contribution >= 4 is 21.8 Å². The molecule has 0 saturated heterocycles. The molecule has 1 heterocycles. The van der Waals surface area contributed by atoms with Gasteiger partial charge in [-0.3, -0.25) is 4.79 Å². The summed E-state index contributed by atoms with van der Waals surface area (Å²) in [5.41, 5.74) is 0.135. The van der Waals surface area contributed by atoms with Crippen LogP contribution in [0, 0.1) is 5.41 Å². The van der Waals surface area contributed by atoms with E-state index in [-0.39, 0.29) is 11.3 Å². The Balaban J connectivity index is 2.59. The van der Waals surface area contributed by atoms with Crippen molar-refractivity contribution in [2.45, 2.75) is 40.0 Å². The quantitative estimate of drug-likeness (QED) is 0.778. The summed E-state index contributed by atoms with van der Waals surface area (Å²) in [7, 11) is 0. The maximum atomic E-state index is 11.9. The van der Waals surface area contributed by atoms with Gasteiger partial charge in [0.15, 0.2) is 5.76 Å². The van der Waals surface area contributed by atoms with Crippen LogP contribution in [0.3, 0.4) is 0 Å². The van der Waals surface area contributed by atoms with Crippen LogP contribution in [0.2, 0.25) is 0 Å². The molecule has 0 aliphatic carbocycles. The fourth-order valence-corrected chi connectivity index (χ4v) is 2.77. The molecule has 0 aliphatic heterocycles. The molecular weight excluding hydrogens is 294 g/mol. The number of nitrogens with one attached hydrogen (secondary N) is 1. The second-order valence-corrected chi connectivity index (χ2v) is 5.20. The molecule has 1 rings (SSSR count). The molecular formula is C14H22BrNO2. The Morgan fingerprint density at radius 2 is 2.00 bits per heavy atom. The lowest BCUT2D eigenvalue weighted by Gasteiger charge is -2.29. The van der Waals surface area contributed by atoms with Crippen LogP contribution in [-0.2, 0) is 6.42 Å². The molecule has 0 radical (unpaired) electrons. The number of hydrogen-bond donors (Lipinski definition) is 1. The summed E-state index contributed by atoms with van der Waals surface area (Å²) >= 11 is 3.54. The third-order valence-corrected chi connectivity index (χ3v) is 4.83. The van der Waals surface area contributed by atoms with Crippen LogP contribution in [0.5, 0.6) is 0 Å². The lowest BCUT2D eigenvalue weighted by atomic mass is 9.84. The maximum Gasteiger partial charge on any atom is 0.287 e. The van der Waals surface area contributed by atoms with Crippen molar-refractivity contribution in [1.82, 2.24) is 5.32 Å². The molecule has 102 valence electrons. The molecule has 0 aromatic carbocycles. The van der Waals surface area contributed by atoms with Crippen LogP contribution in [0.1, 0.15) is 49.9 Å². The monoisotopic (exact) mass is 315 g/mol. The molecule has 0 spiro atoms. The first-order valence-electron chi connectivity index (χ1n) is 6.53. The Morgan fingerprint density at radius 1 is 1.33 bits per heavy atom. The highest BCUT2D eigenvalue weighted by molar-refractivity contribution is 9.09. The molecule has 1 amide bonds. The third-order valence-electron chi connectivity index (χ3n) is 3.64. The third kappa shape index (κ3) is 3.61. The van der Waals surface area contributed by atoms with Crippen LogP contribution >= 0.6 is 15.9 Å². The van der Waals surface area contributed by atoms with Gasteiger partial charge in [0.05, 0.1) is 0 Å². The zero-order chi connectivity index (χ0) is 13.6. The van der Waals surface area contributed by atoms with Gasteiger partial charge in [-0.15, -0.1) is 0 Å². The van der Waals surface area contributed by atoms with E-state index in [9.17, 15) is 4.79 Å². The van der Waals surface area contributed by atoms with Crippen molar-refractivity contribution < 1.29 is 9.21 Å². The van der Waals surface area contributed by atoms with E-state index in [1.54, 1.807) is 6.07 Å². The topological polar surface area (TPSA) is 42.2 Å². The van der Waals surface area contributed by atoms with Crippen molar-refractivity contribution in [3.05, 3.63) is 23.7 Å². The summed E-state index contributed by atoms with van der Waals surface area (Å²) in [4.78, 5) is 11.9. The van der Waals surface area contributed by atoms with E-state index in [4.69, 9.17) is 4.42 Å². The van der Waals surface area contributed by atoms with Crippen molar-refractivity contribution in [3.8, 4) is 0 Å². The summed E-state index contributed by atoms with van der Waals surface area (Å²) in [6, 6.07) is 3.59. The number of aryl methyl sites for hydroxylation is 1. The molecule has 0 atom stereocenters. The van der Waals surface area contributed by atoms with Gasteiger partial charge in [-0.25, -0.2) is 0 Å². The minimum Gasteiger partial charge on any atom is -0.456 e. The van der Waals surface area contributed by atoms with Crippen LogP contribution in [0.4, 0.5) is 0 Å². The molecule has 1 aromatic rings. The molecule has 4 heteroatoms. The minimum atomic E-state index is -0.123. The Bertz CT molecular complexity index is 375. The minimum absolute atomic E-state index is 0.123. The average Bonchev–Trinajstić information content (AvgIpc) is 2.89. The molecule has 0 bridgehead atoms. The number of carbonyl (C=O) groups excluding carboxylic acids is 1. The average molecular weight is 316 g/mol. The lowest BCUT2D eigenvalue weighted by molar-refractivity contribution is 0.0903. The van der Waals surface area contributed by atoms with Gasteiger partial charge in [-0.2, -0.15) is 0 Å². The Labute approximate surface area is 117 Å². The first-order chi connectivity index (χ1) is 8.60. The predicted molar refractivity (Wildman–Crippen MR) is 77.2 cm³/mol. The highest BCUT2D eigenvalue weighted by Crippen LogP contribution is 2.27. The first-order valence-corrected chi connectivity index (χ1v) is 7.65. The molecule has 1 N–H and O–H groups in total. The van der Waals surface area contributed by atoms with Gasteiger partial charge in [0.1, 0.15) is 5.76 Å². The fourth-order valence-electron chi connectivity index (χ4n) is 1.78. The highest BCUT2D eigenvalue weighted by Gasteiger charge is 2.26. The van der Waals surface area contributed by atoms with Gasteiger partial charge in [-0.05, 0) is 30.4 Å². The summed E-state index contributed by atoms with van der Waals surface area (Å²) < 4.78 is 5.44. The molecule has 0 aliphatic rings. The number of amides is 1. The standard InChI is InChI=1S/C14H22BrNO2/c1-4-11-7-8-12(18-11)13(17)16-10-14(5-2,6-3)9-15/h7-8H,4-6,9-10H2,1-3H3,(H,16,17). The summed E-state index contributed by atoms with van der Waals surface area (Å²) in [5, 5.41) is 3.86.